The number of aryl methyl sites for hydroxylation is 1. The summed E-state index contributed by atoms with van der Waals surface area (Å²) >= 11 is 6.33. The van der Waals surface area contributed by atoms with Crippen molar-refractivity contribution in [2.75, 3.05) is 11.5 Å². The molecule has 6 rings (SSSR count). The number of rotatable bonds is 4. The molecular weight excluding hydrogens is 530 g/mol. The van der Waals surface area contributed by atoms with Gasteiger partial charge in [-0.1, -0.05) is 41.4 Å². The van der Waals surface area contributed by atoms with E-state index in [1.807, 2.05) is 13.0 Å². The molecule has 1 N–H and O–H groups in total. The number of para-hydroxylation sites is 1. The van der Waals surface area contributed by atoms with Crippen molar-refractivity contribution in [3.63, 3.8) is 0 Å². The number of allylic oxidation sites excluding steroid dienone is 6. The number of Topliss-reactive ketones (excluding diaryl/α,β-unsaturated/α-hetero) is 1. The lowest BCUT2D eigenvalue weighted by molar-refractivity contribution is -0.123. The summed E-state index contributed by atoms with van der Waals surface area (Å²) in [5.41, 5.74) is 3.44. The van der Waals surface area contributed by atoms with Crippen LogP contribution in [0.4, 0.5) is 5.69 Å². The molecule has 0 saturated carbocycles. The highest BCUT2D eigenvalue weighted by molar-refractivity contribution is 6.32. The highest BCUT2D eigenvalue weighted by atomic mass is 35.5. The first-order valence-corrected chi connectivity index (χ1v) is 13.8. The molecule has 7 nitrogen and oxygen atoms in total. The molecule has 1 saturated heterocycles. The van der Waals surface area contributed by atoms with E-state index in [0.29, 0.717) is 46.0 Å². The smallest absolute Gasteiger partial charge is 0.238 e. The number of carbonyl (C=O) groups is 4. The van der Waals surface area contributed by atoms with E-state index in [9.17, 15) is 24.3 Å². The van der Waals surface area contributed by atoms with Crippen LogP contribution in [-0.4, -0.2) is 35.1 Å². The molecule has 0 unspecified atom stereocenters. The molecule has 0 radical (unpaired) electrons. The summed E-state index contributed by atoms with van der Waals surface area (Å²) in [6, 6.07) is 10.2. The number of nitrogens with zero attached hydrogens (tertiary/aromatic N) is 1. The van der Waals surface area contributed by atoms with Crippen LogP contribution in [0.1, 0.15) is 43.7 Å². The van der Waals surface area contributed by atoms with Gasteiger partial charge in [0.2, 0.25) is 11.8 Å². The Bertz CT molecular complexity index is 1610. The van der Waals surface area contributed by atoms with Crippen LogP contribution in [0.2, 0.25) is 5.02 Å². The van der Waals surface area contributed by atoms with Crippen molar-refractivity contribution in [2.45, 2.75) is 39.5 Å². The molecule has 204 valence electrons. The van der Waals surface area contributed by atoms with E-state index in [1.165, 1.54) is 11.0 Å². The zero-order valence-electron chi connectivity index (χ0n) is 22.4. The Morgan fingerprint density at radius 3 is 2.55 bits per heavy atom. The molecule has 8 heteroatoms. The number of fused-ring (bicyclic) bond motifs is 3. The Kier molecular flexibility index (Phi) is 6.30. The Hall–Kier alpha value is -3.97. The van der Waals surface area contributed by atoms with E-state index in [0.717, 1.165) is 11.1 Å². The summed E-state index contributed by atoms with van der Waals surface area (Å²) in [5.74, 6) is -3.58. The second-order valence-corrected chi connectivity index (χ2v) is 11.2. The predicted octanol–water partition coefficient (Wildman–Crippen LogP) is 5.39. The minimum Gasteiger partial charge on any atom is -0.504 e. The van der Waals surface area contributed by atoms with E-state index < -0.39 is 23.7 Å². The number of hydrogen-bond acceptors (Lipinski definition) is 6. The number of anilines is 1. The summed E-state index contributed by atoms with van der Waals surface area (Å²) in [7, 11) is 0. The Labute approximate surface area is 236 Å². The number of hydrogen-bond donors (Lipinski definition) is 1. The summed E-state index contributed by atoms with van der Waals surface area (Å²) in [6.07, 6.45) is 3.74. The molecule has 2 aromatic carbocycles. The fraction of sp³-hybridized carbons (Fsp3) is 0.312. The quantitative estimate of drug-likeness (QED) is 0.307. The average molecular weight is 558 g/mol. The second-order valence-electron chi connectivity index (χ2n) is 10.8. The maximum absolute atomic E-state index is 14.0. The number of ether oxygens (including phenoxy) is 1. The molecule has 0 aromatic heterocycles. The standard InChI is InChI=1S/C32H28ClNO6/c1-4-40-25-7-5-6-19(30(25)37)26-18-10-11-20-27(21(18)14-22-28(26)24(35)12-16(3)29(22)36)32(39)34(31(20)38)17-9-8-15(2)23(33)13-17/h5-10,12-13,20-21,26-27,37H,4,11,14H2,1-3H3/t20-,21+,26+,27-/m0/s1. The van der Waals surface area contributed by atoms with Crippen LogP contribution in [0, 0.1) is 24.7 Å². The van der Waals surface area contributed by atoms with Crippen molar-refractivity contribution in [3.05, 3.63) is 87.0 Å². The monoisotopic (exact) mass is 557 g/mol. The van der Waals surface area contributed by atoms with Crippen LogP contribution < -0.4 is 9.64 Å². The molecule has 4 aliphatic rings. The van der Waals surface area contributed by atoms with Gasteiger partial charge in [0.15, 0.2) is 23.1 Å². The van der Waals surface area contributed by atoms with Crippen LogP contribution in [0.15, 0.2) is 70.8 Å². The number of carbonyl (C=O) groups excluding carboxylic acids is 4. The zero-order chi connectivity index (χ0) is 28.5. The SMILES string of the molecule is CCOc1cccc([C@H]2C3=CC[C@@H]4C(=O)N(c5ccc(C)c(Cl)c5)C(=O)[C@@H]4[C@@H]3CC3=C2C(=O)C=C(C)C3=O)c1O. The van der Waals surface area contributed by atoms with Gasteiger partial charge in [-0.15, -0.1) is 0 Å². The van der Waals surface area contributed by atoms with Crippen molar-refractivity contribution < 1.29 is 29.0 Å². The number of benzene rings is 2. The number of phenols is 1. The topological polar surface area (TPSA) is 101 Å². The molecule has 2 amide bonds. The molecule has 1 heterocycles. The number of aromatic hydroxyl groups is 1. The molecule has 4 atom stereocenters. The maximum Gasteiger partial charge on any atom is 0.238 e. The third-order valence-electron chi connectivity index (χ3n) is 8.62. The van der Waals surface area contributed by atoms with Gasteiger partial charge in [-0.25, -0.2) is 4.90 Å². The summed E-state index contributed by atoms with van der Waals surface area (Å²) < 4.78 is 5.62. The van der Waals surface area contributed by atoms with Gasteiger partial charge < -0.3 is 9.84 Å². The average Bonchev–Trinajstić information content (AvgIpc) is 3.19. The van der Waals surface area contributed by atoms with Gasteiger partial charge in [0, 0.05) is 33.2 Å². The van der Waals surface area contributed by atoms with E-state index in [-0.39, 0.29) is 41.3 Å². The lowest BCUT2D eigenvalue weighted by Gasteiger charge is -2.42. The van der Waals surface area contributed by atoms with Crippen molar-refractivity contribution in [1.29, 1.82) is 0 Å². The lowest BCUT2D eigenvalue weighted by Crippen LogP contribution is -2.39. The zero-order valence-corrected chi connectivity index (χ0v) is 23.1. The van der Waals surface area contributed by atoms with Crippen LogP contribution in [0.5, 0.6) is 11.5 Å². The Morgan fingerprint density at radius 1 is 1.05 bits per heavy atom. The van der Waals surface area contributed by atoms with E-state index in [1.54, 1.807) is 50.2 Å². The predicted molar refractivity (Wildman–Crippen MR) is 149 cm³/mol. The minimum atomic E-state index is -0.748. The van der Waals surface area contributed by atoms with Gasteiger partial charge in [0.25, 0.3) is 0 Å². The number of phenolic OH excluding ortho intramolecular Hbond substituents is 1. The second kappa shape index (κ2) is 9.59. The van der Waals surface area contributed by atoms with Crippen LogP contribution in [0.3, 0.4) is 0 Å². The third kappa shape index (κ3) is 3.79. The Morgan fingerprint density at radius 2 is 1.82 bits per heavy atom. The number of amides is 2. The lowest BCUT2D eigenvalue weighted by atomic mass is 9.59. The van der Waals surface area contributed by atoms with Crippen LogP contribution in [0.25, 0.3) is 0 Å². The molecule has 0 spiro atoms. The first-order chi connectivity index (χ1) is 19.1. The van der Waals surface area contributed by atoms with Gasteiger partial charge in [-0.2, -0.15) is 0 Å². The summed E-state index contributed by atoms with van der Waals surface area (Å²) in [6.45, 7) is 5.59. The van der Waals surface area contributed by atoms with Gasteiger partial charge in [0.05, 0.1) is 24.1 Å². The van der Waals surface area contributed by atoms with Crippen LogP contribution >= 0.6 is 11.6 Å². The molecule has 3 aliphatic carbocycles. The highest BCUT2D eigenvalue weighted by Gasteiger charge is 2.57. The normalized spacial score (nSPS) is 25.9. The first-order valence-electron chi connectivity index (χ1n) is 13.4. The van der Waals surface area contributed by atoms with Gasteiger partial charge in [-0.3, -0.25) is 19.2 Å². The summed E-state index contributed by atoms with van der Waals surface area (Å²) in [4.78, 5) is 55.7. The molecule has 2 aromatic rings. The molecule has 40 heavy (non-hydrogen) atoms. The third-order valence-corrected chi connectivity index (χ3v) is 9.02. The highest BCUT2D eigenvalue weighted by Crippen LogP contribution is 2.57. The van der Waals surface area contributed by atoms with Gasteiger partial charge in [-0.05, 0) is 69.4 Å². The van der Waals surface area contributed by atoms with Crippen molar-refractivity contribution >= 4 is 40.7 Å². The summed E-state index contributed by atoms with van der Waals surface area (Å²) in [5, 5.41) is 11.7. The molecule has 1 fully saturated rings. The number of halogens is 1. The first kappa shape index (κ1) is 26.3. The molecule has 1 aliphatic heterocycles. The van der Waals surface area contributed by atoms with Crippen LogP contribution in [-0.2, 0) is 19.2 Å². The fourth-order valence-corrected chi connectivity index (χ4v) is 6.93. The van der Waals surface area contributed by atoms with Crippen molar-refractivity contribution in [2.24, 2.45) is 17.8 Å². The molecule has 0 bridgehead atoms. The molecular formula is C32H28ClNO6. The van der Waals surface area contributed by atoms with Gasteiger partial charge >= 0.3 is 0 Å². The van der Waals surface area contributed by atoms with Crippen molar-refractivity contribution in [1.82, 2.24) is 0 Å². The largest absolute Gasteiger partial charge is 0.504 e. The Balaban J connectivity index is 1.50. The number of ketones is 2. The van der Waals surface area contributed by atoms with E-state index in [4.69, 9.17) is 16.3 Å². The fourth-order valence-electron chi connectivity index (χ4n) is 6.76. The van der Waals surface area contributed by atoms with Crippen molar-refractivity contribution in [3.8, 4) is 11.5 Å². The van der Waals surface area contributed by atoms with E-state index in [2.05, 4.69) is 0 Å². The number of imide groups is 1. The maximum atomic E-state index is 14.0. The van der Waals surface area contributed by atoms with Gasteiger partial charge in [0.1, 0.15) is 0 Å². The van der Waals surface area contributed by atoms with E-state index >= 15 is 0 Å². The minimum absolute atomic E-state index is 0.110.